The molecule has 1 fully saturated rings. The molecule has 24 heavy (non-hydrogen) atoms. The molecule has 1 N–H and O–H groups in total. The summed E-state index contributed by atoms with van der Waals surface area (Å²) in [6.07, 6.45) is -3.90. The van der Waals surface area contributed by atoms with E-state index in [-0.39, 0.29) is 17.2 Å². The first-order chi connectivity index (χ1) is 11.1. The van der Waals surface area contributed by atoms with Crippen LogP contribution >= 0.6 is 0 Å². The zero-order valence-corrected chi connectivity index (χ0v) is 13.6. The van der Waals surface area contributed by atoms with Crippen LogP contribution in [-0.2, 0) is 10.9 Å². The summed E-state index contributed by atoms with van der Waals surface area (Å²) < 4.78 is 46.3. The van der Waals surface area contributed by atoms with E-state index >= 15 is 0 Å². The highest BCUT2D eigenvalue weighted by Crippen LogP contribution is 2.43. The number of carbonyl (C=O) groups excluding carboxylic acids is 1. The maximum Gasteiger partial charge on any atom is 0.449 e. The van der Waals surface area contributed by atoms with Gasteiger partial charge < -0.3 is 9.30 Å². The van der Waals surface area contributed by atoms with Gasteiger partial charge in [-0.25, -0.2) is 9.78 Å². The zero-order valence-electron chi connectivity index (χ0n) is 13.6. The summed E-state index contributed by atoms with van der Waals surface area (Å²) >= 11 is 0. The minimum atomic E-state index is -4.55. The lowest BCUT2D eigenvalue weighted by Crippen LogP contribution is -2.27. The molecule has 0 atom stereocenters. The fraction of sp³-hybridized carbons (Fsp3) is 0.500. The van der Waals surface area contributed by atoms with Gasteiger partial charge in [-0.15, -0.1) is 0 Å². The number of amides is 1. The summed E-state index contributed by atoms with van der Waals surface area (Å²) in [4.78, 5) is 15.7. The predicted molar refractivity (Wildman–Crippen MR) is 82.9 cm³/mol. The minimum absolute atomic E-state index is 0.114. The maximum absolute atomic E-state index is 13.3. The molecule has 3 rings (SSSR count). The molecule has 0 spiro atoms. The lowest BCUT2D eigenvalue weighted by Gasteiger charge is -2.19. The van der Waals surface area contributed by atoms with Crippen molar-refractivity contribution in [1.29, 1.82) is 0 Å². The van der Waals surface area contributed by atoms with Crippen molar-refractivity contribution in [1.82, 2.24) is 9.55 Å². The van der Waals surface area contributed by atoms with Crippen molar-refractivity contribution in [2.24, 2.45) is 0 Å². The van der Waals surface area contributed by atoms with Crippen LogP contribution in [0.5, 0.6) is 0 Å². The van der Waals surface area contributed by atoms with Crippen molar-refractivity contribution in [3.05, 3.63) is 24.0 Å². The van der Waals surface area contributed by atoms with Crippen LogP contribution in [0.3, 0.4) is 0 Å². The average molecular weight is 341 g/mol. The van der Waals surface area contributed by atoms with Gasteiger partial charge in [-0.3, -0.25) is 5.32 Å². The van der Waals surface area contributed by atoms with Crippen LogP contribution in [-0.4, -0.2) is 21.2 Å². The second-order valence-corrected chi connectivity index (χ2v) is 6.83. The van der Waals surface area contributed by atoms with E-state index in [4.69, 9.17) is 4.74 Å². The SMILES string of the molecule is CC(C)(C)OC(=O)Nc1cccc2c1nc(C(F)(F)F)n2C1CC1. The van der Waals surface area contributed by atoms with Crippen molar-refractivity contribution < 1.29 is 22.7 Å². The Hall–Kier alpha value is -2.25. The Bertz CT molecular complexity index is 786. The number of ether oxygens (including phenoxy) is 1. The van der Waals surface area contributed by atoms with Crippen LogP contribution in [0, 0.1) is 0 Å². The van der Waals surface area contributed by atoms with Gasteiger partial charge in [-0.05, 0) is 45.7 Å². The van der Waals surface area contributed by atoms with Crippen molar-refractivity contribution in [3.63, 3.8) is 0 Å². The van der Waals surface area contributed by atoms with E-state index in [1.54, 1.807) is 32.9 Å². The minimum Gasteiger partial charge on any atom is -0.444 e. The molecule has 0 saturated heterocycles. The Morgan fingerprint density at radius 2 is 1.96 bits per heavy atom. The average Bonchev–Trinajstić information content (AvgIpc) is 3.15. The van der Waals surface area contributed by atoms with E-state index < -0.39 is 23.7 Å². The van der Waals surface area contributed by atoms with Crippen molar-refractivity contribution >= 4 is 22.8 Å². The third-order valence-corrected chi connectivity index (χ3v) is 3.52. The fourth-order valence-corrected chi connectivity index (χ4v) is 2.53. The third kappa shape index (κ3) is 3.32. The quantitative estimate of drug-likeness (QED) is 0.858. The summed E-state index contributed by atoms with van der Waals surface area (Å²) in [5.41, 5.74) is -0.0322. The molecule has 1 heterocycles. The first-order valence-corrected chi connectivity index (χ1v) is 7.64. The Kier molecular flexibility index (Phi) is 3.73. The summed E-state index contributed by atoms with van der Waals surface area (Å²) in [5, 5.41) is 2.49. The molecule has 130 valence electrons. The number of benzene rings is 1. The number of aromatic nitrogens is 2. The highest BCUT2D eigenvalue weighted by atomic mass is 19.4. The number of carbonyl (C=O) groups is 1. The monoisotopic (exact) mass is 341 g/mol. The number of fused-ring (bicyclic) bond motifs is 1. The van der Waals surface area contributed by atoms with Crippen molar-refractivity contribution in [3.8, 4) is 0 Å². The van der Waals surface area contributed by atoms with Gasteiger partial charge in [-0.1, -0.05) is 6.07 Å². The maximum atomic E-state index is 13.3. The normalized spacial score (nSPS) is 15.6. The first-order valence-electron chi connectivity index (χ1n) is 7.64. The lowest BCUT2D eigenvalue weighted by atomic mass is 10.2. The van der Waals surface area contributed by atoms with Gasteiger partial charge in [0.1, 0.15) is 11.1 Å². The second-order valence-electron chi connectivity index (χ2n) is 6.83. The van der Waals surface area contributed by atoms with Gasteiger partial charge in [0.25, 0.3) is 0 Å². The molecule has 1 saturated carbocycles. The van der Waals surface area contributed by atoms with E-state index in [0.717, 1.165) is 0 Å². The third-order valence-electron chi connectivity index (χ3n) is 3.52. The predicted octanol–water partition coefficient (Wildman–Crippen LogP) is 4.74. The van der Waals surface area contributed by atoms with Crippen LogP contribution in [0.15, 0.2) is 18.2 Å². The van der Waals surface area contributed by atoms with Gasteiger partial charge in [0.05, 0.1) is 11.2 Å². The van der Waals surface area contributed by atoms with E-state index in [1.807, 2.05) is 0 Å². The topological polar surface area (TPSA) is 56.1 Å². The molecule has 8 heteroatoms. The molecule has 2 aromatic rings. The molecule has 1 aliphatic carbocycles. The van der Waals surface area contributed by atoms with Crippen LogP contribution in [0.1, 0.15) is 45.5 Å². The van der Waals surface area contributed by atoms with Gasteiger partial charge in [-0.2, -0.15) is 13.2 Å². The Morgan fingerprint density at radius 3 is 2.50 bits per heavy atom. The number of rotatable bonds is 2. The first kappa shape index (κ1) is 16.6. The van der Waals surface area contributed by atoms with Gasteiger partial charge in [0, 0.05) is 6.04 Å². The number of imidazole rings is 1. The highest BCUT2D eigenvalue weighted by Gasteiger charge is 2.42. The molecule has 0 bridgehead atoms. The second kappa shape index (κ2) is 5.39. The van der Waals surface area contributed by atoms with E-state index in [0.29, 0.717) is 18.4 Å². The summed E-state index contributed by atoms with van der Waals surface area (Å²) in [6.45, 7) is 5.12. The Morgan fingerprint density at radius 1 is 1.29 bits per heavy atom. The van der Waals surface area contributed by atoms with Crippen LogP contribution < -0.4 is 5.32 Å². The van der Waals surface area contributed by atoms with E-state index in [2.05, 4.69) is 10.3 Å². The van der Waals surface area contributed by atoms with E-state index in [1.165, 1.54) is 10.6 Å². The summed E-state index contributed by atoms with van der Waals surface area (Å²) in [7, 11) is 0. The number of para-hydroxylation sites is 1. The number of anilines is 1. The van der Waals surface area contributed by atoms with Crippen molar-refractivity contribution in [2.75, 3.05) is 5.32 Å². The molecule has 0 unspecified atom stereocenters. The Labute approximate surface area is 136 Å². The lowest BCUT2D eigenvalue weighted by molar-refractivity contribution is -0.147. The Balaban J connectivity index is 2.03. The van der Waals surface area contributed by atoms with Gasteiger partial charge in [0.15, 0.2) is 0 Å². The molecule has 0 aliphatic heterocycles. The number of hydrogen-bond acceptors (Lipinski definition) is 3. The van der Waals surface area contributed by atoms with Crippen molar-refractivity contribution in [2.45, 2.75) is 51.4 Å². The molecule has 1 amide bonds. The molecule has 0 radical (unpaired) electrons. The summed E-state index contributed by atoms with van der Waals surface area (Å²) in [6, 6.07) is 4.49. The molecule has 5 nitrogen and oxygen atoms in total. The smallest absolute Gasteiger partial charge is 0.444 e. The molecule has 1 aliphatic rings. The van der Waals surface area contributed by atoms with Crippen LogP contribution in [0.25, 0.3) is 11.0 Å². The highest BCUT2D eigenvalue weighted by molar-refractivity contribution is 5.97. The fourth-order valence-electron chi connectivity index (χ4n) is 2.53. The standard InChI is InChI=1S/C16H18F3N3O2/c1-15(2,3)24-14(23)20-10-5-4-6-11-12(10)21-13(16(17,18)19)22(11)9-7-8-9/h4-6,9H,7-8H2,1-3H3,(H,20,23). The van der Waals surface area contributed by atoms with Gasteiger partial charge in [0.2, 0.25) is 5.82 Å². The molecule has 1 aromatic carbocycles. The molecular formula is C16H18F3N3O2. The van der Waals surface area contributed by atoms with Crippen LogP contribution in [0.2, 0.25) is 0 Å². The van der Waals surface area contributed by atoms with Gasteiger partial charge >= 0.3 is 12.3 Å². The molecule has 1 aromatic heterocycles. The van der Waals surface area contributed by atoms with E-state index in [9.17, 15) is 18.0 Å². The number of hydrogen-bond donors (Lipinski definition) is 1. The number of nitrogens with zero attached hydrogens (tertiary/aromatic N) is 2. The zero-order chi connectivity index (χ0) is 17.7. The number of halogens is 3. The number of nitrogens with one attached hydrogen (secondary N) is 1. The number of alkyl halides is 3. The van der Waals surface area contributed by atoms with Crippen LogP contribution in [0.4, 0.5) is 23.7 Å². The molecular weight excluding hydrogens is 323 g/mol. The summed E-state index contributed by atoms with van der Waals surface area (Å²) in [5.74, 6) is -0.932. The largest absolute Gasteiger partial charge is 0.449 e.